The van der Waals surface area contributed by atoms with E-state index in [1.807, 2.05) is 54.6 Å². The van der Waals surface area contributed by atoms with Crippen LogP contribution in [0.15, 0.2) is 60.7 Å². The van der Waals surface area contributed by atoms with Crippen molar-refractivity contribution in [2.24, 2.45) is 0 Å². The van der Waals surface area contributed by atoms with Crippen molar-refractivity contribution in [3.63, 3.8) is 0 Å². The van der Waals surface area contributed by atoms with Crippen molar-refractivity contribution in [3.05, 3.63) is 77.4 Å². The van der Waals surface area contributed by atoms with E-state index in [0.29, 0.717) is 5.75 Å². The van der Waals surface area contributed by atoms with Crippen LogP contribution < -0.4 is 0 Å². The van der Waals surface area contributed by atoms with E-state index in [0.717, 1.165) is 51.8 Å². The predicted molar refractivity (Wildman–Crippen MR) is 124 cm³/mol. The van der Waals surface area contributed by atoms with Crippen molar-refractivity contribution in [3.8, 4) is 28.0 Å². The van der Waals surface area contributed by atoms with Crippen molar-refractivity contribution in [2.75, 3.05) is 0 Å². The van der Waals surface area contributed by atoms with E-state index in [2.05, 4.69) is 6.92 Å². The van der Waals surface area contributed by atoms with Crippen LogP contribution in [0.4, 0.5) is 0 Å². The van der Waals surface area contributed by atoms with Gasteiger partial charge in [0.2, 0.25) is 0 Å². The third-order valence-electron chi connectivity index (χ3n) is 6.23. The van der Waals surface area contributed by atoms with Crippen LogP contribution >= 0.6 is 0 Å². The number of phenolic OH excluding ortho intramolecular Hbond substituents is 1. The fourth-order valence-electron chi connectivity index (χ4n) is 4.65. The third-order valence-corrected chi connectivity index (χ3v) is 6.23. The lowest BCUT2D eigenvalue weighted by molar-refractivity contribution is 0.104. The molecule has 1 aliphatic rings. The number of hydrogen-bond acceptors (Lipinski definition) is 2. The van der Waals surface area contributed by atoms with Gasteiger partial charge in [-0.15, -0.1) is 0 Å². The number of carbonyl (C=O) groups excluding carboxylic acids is 1. The molecule has 154 valence electrons. The van der Waals surface area contributed by atoms with Gasteiger partial charge < -0.3 is 5.11 Å². The number of ketones is 1. The predicted octanol–water partition coefficient (Wildman–Crippen LogP) is 7.56. The van der Waals surface area contributed by atoms with Crippen molar-refractivity contribution in [1.29, 1.82) is 0 Å². The molecule has 0 aromatic heterocycles. The first-order valence-corrected chi connectivity index (χ1v) is 11.3. The Labute approximate surface area is 179 Å². The second-order valence-corrected chi connectivity index (χ2v) is 8.28. The van der Waals surface area contributed by atoms with Crippen LogP contribution in [0.2, 0.25) is 0 Å². The van der Waals surface area contributed by atoms with Crippen LogP contribution in [0.5, 0.6) is 5.75 Å². The van der Waals surface area contributed by atoms with Crippen LogP contribution in [0.25, 0.3) is 22.3 Å². The zero-order valence-electron chi connectivity index (χ0n) is 17.8. The van der Waals surface area contributed by atoms with Gasteiger partial charge in [-0.1, -0.05) is 100 Å². The molecule has 0 bridgehead atoms. The van der Waals surface area contributed by atoms with Gasteiger partial charge in [0.15, 0.2) is 5.78 Å². The maximum Gasteiger partial charge on any atom is 0.194 e. The summed E-state index contributed by atoms with van der Waals surface area (Å²) in [7, 11) is 0. The standard InChI is InChI=1S/C28H30O2/c1-2-3-4-5-6-7-8-14-22-20(16-12-19-26(22)29)23-17-11-18-24-21-13-9-10-15-25(21)28(30)27(23)24/h9-13,15-19,29H,2-8,14H2,1H3. The van der Waals surface area contributed by atoms with E-state index in [9.17, 15) is 9.90 Å². The van der Waals surface area contributed by atoms with Gasteiger partial charge in [0, 0.05) is 16.7 Å². The average Bonchev–Trinajstić information content (AvgIpc) is 3.07. The van der Waals surface area contributed by atoms with E-state index in [4.69, 9.17) is 0 Å². The minimum atomic E-state index is 0.0846. The molecule has 0 aliphatic heterocycles. The molecule has 0 unspecified atom stereocenters. The SMILES string of the molecule is CCCCCCCCCc1c(O)cccc1-c1cccc2c1C(=O)c1ccccc1-2. The molecule has 2 nitrogen and oxygen atoms in total. The number of hydrogen-bond donors (Lipinski definition) is 1. The molecule has 0 atom stereocenters. The number of rotatable bonds is 9. The van der Waals surface area contributed by atoms with E-state index in [1.165, 1.54) is 38.5 Å². The number of aromatic hydroxyl groups is 1. The maximum absolute atomic E-state index is 13.2. The largest absolute Gasteiger partial charge is 0.508 e. The number of fused-ring (bicyclic) bond motifs is 3. The molecular weight excluding hydrogens is 368 g/mol. The highest BCUT2D eigenvalue weighted by Gasteiger charge is 2.29. The van der Waals surface area contributed by atoms with Gasteiger partial charge in [0.05, 0.1) is 0 Å². The van der Waals surface area contributed by atoms with Crippen LogP contribution in [-0.2, 0) is 6.42 Å². The summed E-state index contributed by atoms with van der Waals surface area (Å²) in [6.07, 6.45) is 9.51. The van der Waals surface area contributed by atoms with Crippen LogP contribution in [0.1, 0.15) is 73.4 Å². The van der Waals surface area contributed by atoms with E-state index < -0.39 is 0 Å². The zero-order chi connectivity index (χ0) is 20.9. The van der Waals surface area contributed by atoms with Crippen molar-refractivity contribution in [1.82, 2.24) is 0 Å². The number of benzene rings is 3. The van der Waals surface area contributed by atoms with Gasteiger partial charge in [0.1, 0.15) is 5.75 Å². The van der Waals surface area contributed by atoms with Gasteiger partial charge >= 0.3 is 0 Å². The van der Waals surface area contributed by atoms with Gasteiger partial charge in [-0.3, -0.25) is 4.79 Å². The van der Waals surface area contributed by atoms with E-state index >= 15 is 0 Å². The number of carbonyl (C=O) groups is 1. The summed E-state index contributed by atoms with van der Waals surface area (Å²) >= 11 is 0. The summed E-state index contributed by atoms with van der Waals surface area (Å²) in [5.74, 6) is 0.417. The lowest BCUT2D eigenvalue weighted by Gasteiger charge is -2.15. The number of unbranched alkanes of at least 4 members (excludes halogenated alkanes) is 6. The Morgan fingerprint density at radius 1 is 0.633 bits per heavy atom. The molecule has 30 heavy (non-hydrogen) atoms. The molecule has 1 N–H and O–H groups in total. The molecule has 3 aromatic rings. The summed E-state index contributed by atoms with van der Waals surface area (Å²) in [6.45, 7) is 2.24. The molecule has 0 spiro atoms. The summed E-state index contributed by atoms with van der Waals surface area (Å²) in [6, 6.07) is 19.6. The fourth-order valence-corrected chi connectivity index (χ4v) is 4.65. The molecule has 4 rings (SSSR count). The van der Waals surface area contributed by atoms with E-state index in [1.54, 1.807) is 6.07 Å². The molecule has 2 heteroatoms. The first kappa shape index (κ1) is 20.4. The van der Waals surface area contributed by atoms with E-state index in [-0.39, 0.29) is 5.78 Å². The minimum Gasteiger partial charge on any atom is -0.508 e. The van der Waals surface area contributed by atoms with Crippen molar-refractivity contribution in [2.45, 2.75) is 58.3 Å². The molecule has 0 radical (unpaired) electrons. The quantitative estimate of drug-likeness (QED) is 0.295. The Morgan fingerprint density at radius 2 is 1.20 bits per heavy atom. The Balaban J connectivity index is 1.61. The Hall–Kier alpha value is -2.87. The summed E-state index contributed by atoms with van der Waals surface area (Å²) in [5.41, 5.74) is 6.43. The van der Waals surface area contributed by atoms with Gasteiger partial charge in [-0.2, -0.15) is 0 Å². The van der Waals surface area contributed by atoms with Gasteiger partial charge in [-0.05, 0) is 41.2 Å². The van der Waals surface area contributed by atoms with Crippen LogP contribution in [0, 0.1) is 0 Å². The molecule has 0 amide bonds. The molecule has 0 saturated carbocycles. The summed E-state index contributed by atoms with van der Waals surface area (Å²) < 4.78 is 0. The van der Waals surface area contributed by atoms with Crippen molar-refractivity contribution >= 4 is 5.78 Å². The molecule has 0 heterocycles. The molecule has 0 saturated heterocycles. The molecule has 1 aliphatic carbocycles. The third kappa shape index (κ3) is 3.92. The summed E-state index contributed by atoms with van der Waals surface area (Å²) in [5, 5.41) is 10.6. The fraction of sp³-hybridized carbons (Fsp3) is 0.321. The second-order valence-electron chi connectivity index (χ2n) is 8.28. The topological polar surface area (TPSA) is 37.3 Å². The lowest BCUT2D eigenvalue weighted by atomic mass is 9.90. The number of phenols is 1. The highest BCUT2D eigenvalue weighted by Crippen LogP contribution is 2.43. The molecular formula is C28H30O2. The summed E-state index contributed by atoms with van der Waals surface area (Å²) in [4.78, 5) is 13.2. The normalized spacial score (nSPS) is 12.1. The van der Waals surface area contributed by atoms with Crippen molar-refractivity contribution < 1.29 is 9.90 Å². The second kappa shape index (κ2) is 9.30. The monoisotopic (exact) mass is 398 g/mol. The van der Waals surface area contributed by atoms with Gasteiger partial charge in [-0.25, -0.2) is 0 Å². The van der Waals surface area contributed by atoms with Crippen LogP contribution in [0.3, 0.4) is 0 Å². The highest BCUT2D eigenvalue weighted by atomic mass is 16.3. The average molecular weight is 399 g/mol. The zero-order valence-corrected chi connectivity index (χ0v) is 17.8. The molecule has 3 aromatic carbocycles. The smallest absolute Gasteiger partial charge is 0.194 e. The van der Waals surface area contributed by atoms with Gasteiger partial charge in [0.25, 0.3) is 0 Å². The first-order chi connectivity index (χ1) is 14.7. The Kier molecular flexibility index (Phi) is 6.32. The Morgan fingerprint density at radius 3 is 1.97 bits per heavy atom. The highest BCUT2D eigenvalue weighted by molar-refractivity contribution is 6.24. The molecule has 0 fully saturated rings. The first-order valence-electron chi connectivity index (χ1n) is 11.3. The lowest BCUT2D eigenvalue weighted by Crippen LogP contribution is -2.00. The minimum absolute atomic E-state index is 0.0846. The Bertz CT molecular complexity index is 1050. The maximum atomic E-state index is 13.2. The van der Waals surface area contributed by atoms with Crippen LogP contribution in [-0.4, -0.2) is 10.9 Å².